The van der Waals surface area contributed by atoms with Gasteiger partial charge >= 0.3 is 0 Å². The van der Waals surface area contributed by atoms with Gasteiger partial charge in [0.2, 0.25) is 0 Å². The molecular weight excluding hydrogens is 290 g/mol. The maximum Gasteiger partial charge on any atom is 0.192 e. The highest BCUT2D eigenvalue weighted by molar-refractivity contribution is 6.74. The molecular formula is C18H33NO2Si. The van der Waals surface area contributed by atoms with Crippen LogP contribution in [0.25, 0.3) is 0 Å². The first kappa shape index (κ1) is 19.4. The van der Waals surface area contributed by atoms with Gasteiger partial charge in [0, 0.05) is 12.6 Å². The molecule has 22 heavy (non-hydrogen) atoms. The number of aliphatic hydroxyl groups is 1. The summed E-state index contributed by atoms with van der Waals surface area (Å²) in [5.74, 6) is 0. The van der Waals surface area contributed by atoms with E-state index >= 15 is 0 Å². The highest BCUT2D eigenvalue weighted by Crippen LogP contribution is 2.37. The average molecular weight is 324 g/mol. The van der Waals surface area contributed by atoms with Gasteiger partial charge in [0.15, 0.2) is 8.32 Å². The lowest BCUT2D eigenvalue weighted by Crippen LogP contribution is -2.46. The molecule has 0 aliphatic rings. The molecule has 1 aromatic rings. The lowest BCUT2D eigenvalue weighted by molar-refractivity contribution is 0.122. The third-order valence-electron chi connectivity index (χ3n) is 4.64. The van der Waals surface area contributed by atoms with Crippen LogP contribution in [0.4, 0.5) is 0 Å². The predicted molar refractivity (Wildman–Crippen MR) is 96.6 cm³/mol. The Kier molecular flexibility index (Phi) is 6.80. The van der Waals surface area contributed by atoms with E-state index in [1.807, 2.05) is 37.3 Å². The van der Waals surface area contributed by atoms with Crippen LogP contribution in [0.15, 0.2) is 30.3 Å². The summed E-state index contributed by atoms with van der Waals surface area (Å²) in [6, 6.07) is 9.77. The Bertz CT molecular complexity index is 442. The van der Waals surface area contributed by atoms with Gasteiger partial charge in [-0.05, 0) is 37.5 Å². The first-order valence-electron chi connectivity index (χ1n) is 8.19. The van der Waals surface area contributed by atoms with Crippen molar-refractivity contribution < 1.29 is 9.53 Å². The Balaban J connectivity index is 2.49. The van der Waals surface area contributed by atoms with Crippen LogP contribution in [-0.2, 0) is 4.43 Å². The molecule has 4 heteroatoms. The normalized spacial score (nSPS) is 17.1. The van der Waals surface area contributed by atoms with Gasteiger partial charge < -0.3 is 14.8 Å². The quantitative estimate of drug-likeness (QED) is 0.742. The van der Waals surface area contributed by atoms with E-state index in [2.05, 4.69) is 46.1 Å². The lowest BCUT2D eigenvalue weighted by Gasteiger charge is -2.38. The van der Waals surface area contributed by atoms with Crippen molar-refractivity contribution in [3.8, 4) is 0 Å². The lowest BCUT2D eigenvalue weighted by atomic mass is 10.0. The van der Waals surface area contributed by atoms with Gasteiger partial charge in [0.05, 0.1) is 12.2 Å². The molecule has 0 amide bonds. The highest BCUT2D eigenvalue weighted by Gasteiger charge is 2.38. The third kappa shape index (κ3) is 5.50. The van der Waals surface area contributed by atoms with Crippen molar-refractivity contribution in [2.45, 2.75) is 71.0 Å². The molecule has 0 radical (unpaired) electrons. The number of aliphatic hydroxyl groups excluding tert-OH is 1. The van der Waals surface area contributed by atoms with Crippen molar-refractivity contribution in [3.05, 3.63) is 35.9 Å². The van der Waals surface area contributed by atoms with E-state index in [-0.39, 0.29) is 17.2 Å². The molecule has 0 spiro atoms. The zero-order valence-electron chi connectivity index (χ0n) is 15.2. The summed E-state index contributed by atoms with van der Waals surface area (Å²) < 4.78 is 6.33. The number of benzene rings is 1. The largest absolute Gasteiger partial charge is 0.413 e. The fraction of sp³-hybridized carbons (Fsp3) is 0.667. The minimum Gasteiger partial charge on any atom is -0.413 e. The van der Waals surface area contributed by atoms with Gasteiger partial charge in [-0.25, -0.2) is 0 Å². The Hall–Kier alpha value is -0.683. The summed E-state index contributed by atoms with van der Waals surface area (Å²) in [5, 5.41) is 14.0. The molecule has 0 saturated heterocycles. The van der Waals surface area contributed by atoms with Gasteiger partial charge in [-0.1, -0.05) is 51.1 Å². The summed E-state index contributed by atoms with van der Waals surface area (Å²) in [7, 11) is -1.73. The Morgan fingerprint density at radius 1 is 1.14 bits per heavy atom. The van der Waals surface area contributed by atoms with Crippen molar-refractivity contribution in [1.82, 2.24) is 5.32 Å². The minimum atomic E-state index is -1.73. The SMILES string of the molecule is C[C@@H](CN[C@H](C)[C@@H](O)c1ccccc1)O[Si](C)(C)C(C)(C)C. The second kappa shape index (κ2) is 7.73. The van der Waals surface area contributed by atoms with Crippen molar-refractivity contribution in [2.75, 3.05) is 6.54 Å². The number of hydrogen-bond acceptors (Lipinski definition) is 3. The number of rotatable bonds is 7. The number of hydrogen-bond donors (Lipinski definition) is 2. The van der Waals surface area contributed by atoms with Crippen LogP contribution in [0.1, 0.15) is 46.3 Å². The van der Waals surface area contributed by atoms with E-state index in [1.165, 1.54) is 0 Å². The third-order valence-corrected chi connectivity index (χ3v) is 9.25. The second-order valence-electron chi connectivity index (χ2n) is 7.74. The Morgan fingerprint density at radius 2 is 1.68 bits per heavy atom. The van der Waals surface area contributed by atoms with Crippen LogP contribution in [0.3, 0.4) is 0 Å². The van der Waals surface area contributed by atoms with Crippen molar-refractivity contribution in [3.63, 3.8) is 0 Å². The van der Waals surface area contributed by atoms with Gasteiger partial charge in [-0.2, -0.15) is 0 Å². The van der Waals surface area contributed by atoms with Crippen LogP contribution < -0.4 is 5.32 Å². The molecule has 0 unspecified atom stereocenters. The van der Waals surface area contributed by atoms with Gasteiger partial charge in [-0.3, -0.25) is 0 Å². The number of nitrogens with one attached hydrogen (secondary N) is 1. The zero-order chi connectivity index (χ0) is 17.0. The van der Waals surface area contributed by atoms with Crippen LogP contribution in [-0.4, -0.2) is 32.1 Å². The van der Waals surface area contributed by atoms with Crippen molar-refractivity contribution in [1.29, 1.82) is 0 Å². The minimum absolute atomic E-state index is 0.00661. The monoisotopic (exact) mass is 323 g/mol. The Labute approximate surface area is 137 Å². The molecule has 3 nitrogen and oxygen atoms in total. The van der Waals surface area contributed by atoms with Gasteiger partial charge in [-0.15, -0.1) is 0 Å². The average Bonchev–Trinajstić information content (AvgIpc) is 2.43. The van der Waals surface area contributed by atoms with E-state index in [0.717, 1.165) is 12.1 Å². The Morgan fingerprint density at radius 3 is 2.18 bits per heavy atom. The molecule has 3 atom stereocenters. The molecule has 0 heterocycles. The molecule has 0 aromatic heterocycles. The van der Waals surface area contributed by atoms with Crippen molar-refractivity contribution in [2.24, 2.45) is 0 Å². The van der Waals surface area contributed by atoms with E-state index in [4.69, 9.17) is 4.43 Å². The maximum absolute atomic E-state index is 10.4. The molecule has 0 fully saturated rings. The molecule has 1 aromatic carbocycles. The molecule has 0 aliphatic carbocycles. The molecule has 0 saturated carbocycles. The first-order valence-corrected chi connectivity index (χ1v) is 11.1. The predicted octanol–water partition coefficient (Wildman–Crippen LogP) is 4.11. The summed E-state index contributed by atoms with van der Waals surface area (Å²) in [6.07, 6.45) is -0.354. The summed E-state index contributed by atoms with van der Waals surface area (Å²) in [6.45, 7) is 16.2. The van der Waals surface area contributed by atoms with Crippen LogP contribution in [0.2, 0.25) is 18.1 Å². The molecule has 0 aliphatic heterocycles. The van der Waals surface area contributed by atoms with E-state index in [9.17, 15) is 5.11 Å². The highest BCUT2D eigenvalue weighted by atomic mass is 28.4. The fourth-order valence-electron chi connectivity index (χ4n) is 2.12. The molecule has 0 bridgehead atoms. The summed E-state index contributed by atoms with van der Waals surface area (Å²) >= 11 is 0. The fourth-order valence-corrected chi connectivity index (χ4v) is 3.57. The first-order chi connectivity index (χ1) is 10.0. The molecule has 126 valence electrons. The topological polar surface area (TPSA) is 41.5 Å². The van der Waals surface area contributed by atoms with E-state index < -0.39 is 14.4 Å². The van der Waals surface area contributed by atoms with Gasteiger partial charge in [0.25, 0.3) is 0 Å². The van der Waals surface area contributed by atoms with Crippen LogP contribution >= 0.6 is 0 Å². The van der Waals surface area contributed by atoms with Crippen LogP contribution in [0, 0.1) is 0 Å². The smallest absolute Gasteiger partial charge is 0.192 e. The van der Waals surface area contributed by atoms with Gasteiger partial charge in [0.1, 0.15) is 0 Å². The summed E-state index contributed by atoms with van der Waals surface area (Å²) in [4.78, 5) is 0. The maximum atomic E-state index is 10.4. The standard InChI is InChI=1S/C18H33NO2Si/c1-14(21-22(6,7)18(3,4)5)13-19-15(2)17(20)16-11-9-8-10-12-16/h8-12,14-15,17,19-20H,13H2,1-7H3/t14-,15+,17+/m0/s1. The zero-order valence-corrected chi connectivity index (χ0v) is 16.2. The van der Waals surface area contributed by atoms with E-state index in [0.29, 0.717) is 0 Å². The van der Waals surface area contributed by atoms with Crippen LogP contribution in [0.5, 0.6) is 0 Å². The summed E-state index contributed by atoms with van der Waals surface area (Å²) in [5.41, 5.74) is 0.945. The van der Waals surface area contributed by atoms with E-state index in [1.54, 1.807) is 0 Å². The molecule has 2 N–H and O–H groups in total. The second-order valence-corrected chi connectivity index (χ2v) is 12.5. The molecule has 1 rings (SSSR count). The van der Waals surface area contributed by atoms with Crippen molar-refractivity contribution >= 4 is 8.32 Å².